The largest absolute Gasteiger partial charge is 0.497 e. The molecule has 2 aromatic rings. The number of nitrogens with one attached hydrogen (secondary N) is 1. The van der Waals surface area contributed by atoms with Gasteiger partial charge in [0.2, 0.25) is 0 Å². The molecule has 2 rings (SSSR count). The van der Waals surface area contributed by atoms with Gasteiger partial charge in [-0.25, -0.2) is 4.98 Å². The second-order valence-electron chi connectivity index (χ2n) is 4.46. The molecule has 0 bridgehead atoms. The number of aromatic amines is 1. The van der Waals surface area contributed by atoms with Crippen molar-refractivity contribution in [2.24, 2.45) is 5.73 Å². The lowest BCUT2D eigenvalue weighted by Crippen LogP contribution is -2.26. The van der Waals surface area contributed by atoms with Gasteiger partial charge in [-0.2, -0.15) is 0 Å². The third-order valence-corrected chi connectivity index (χ3v) is 3.09. The van der Waals surface area contributed by atoms with Gasteiger partial charge in [-0.15, -0.1) is 0 Å². The first-order valence-electron chi connectivity index (χ1n) is 6.62. The van der Waals surface area contributed by atoms with E-state index < -0.39 is 0 Å². The van der Waals surface area contributed by atoms with Crippen molar-refractivity contribution in [3.8, 4) is 5.75 Å². The number of rotatable bonds is 6. The van der Waals surface area contributed by atoms with Gasteiger partial charge in [0.1, 0.15) is 11.4 Å². The molecular formula is C14H19N5O2. The Bertz CT molecular complexity index is 639. The molecule has 0 aliphatic rings. The molecule has 0 unspecified atom stereocenters. The third kappa shape index (κ3) is 3.32. The van der Waals surface area contributed by atoms with Gasteiger partial charge in [0.25, 0.3) is 5.56 Å². The van der Waals surface area contributed by atoms with Gasteiger partial charge in [-0.1, -0.05) is 0 Å². The topological polar surface area (TPSA) is 110 Å². The molecule has 21 heavy (non-hydrogen) atoms. The summed E-state index contributed by atoms with van der Waals surface area (Å²) in [5.41, 5.74) is 12.0. The van der Waals surface area contributed by atoms with Crippen molar-refractivity contribution in [2.45, 2.75) is 6.42 Å². The zero-order valence-electron chi connectivity index (χ0n) is 11.9. The van der Waals surface area contributed by atoms with Gasteiger partial charge in [-0.05, 0) is 37.2 Å². The number of aromatic nitrogens is 2. The van der Waals surface area contributed by atoms with Crippen LogP contribution in [0.15, 0.2) is 35.4 Å². The van der Waals surface area contributed by atoms with E-state index in [0.717, 1.165) is 17.9 Å². The summed E-state index contributed by atoms with van der Waals surface area (Å²) in [6, 6.07) is 7.46. The molecule has 1 aromatic heterocycles. The molecule has 0 saturated carbocycles. The molecular weight excluding hydrogens is 270 g/mol. The molecule has 0 saturated heterocycles. The number of methoxy groups -OCH3 is 1. The Morgan fingerprint density at radius 2 is 2.05 bits per heavy atom. The minimum atomic E-state index is -0.355. The average molecular weight is 289 g/mol. The van der Waals surface area contributed by atoms with Crippen LogP contribution in [0.5, 0.6) is 5.75 Å². The Morgan fingerprint density at radius 1 is 1.33 bits per heavy atom. The number of nitrogens with zero attached hydrogens (tertiary/aromatic N) is 2. The van der Waals surface area contributed by atoms with Crippen molar-refractivity contribution in [1.82, 2.24) is 9.97 Å². The van der Waals surface area contributed by atoms with Crippen molar-refractivity contribution in [2.75, 3.05) is 30.8 Å². The summed E-state index contributed by atoms with van der Waals surface area (Å²) < 4.78 is 5.14. The quantitative estimate of drug-likeness (QED) is 0.727. The van der Waals surface area contributed by atoms with E-state index in [0.29, 0.717) is 18.9 Å². The van der Waals surface area contributed by atoms with Gasteiger partial charge in [0.15, 0.2) is 5.82 Å². The van der Waals surface area contributed by atoms with E-state index in [-0.39, 0.29) is 11.2 Å². The summed E-state index contributed by atoms with van der Waals surface area (Å²) in [5, 5.41) is 0. The van der Waals surface area contributed by atoms with Crippen LogP contribution in [-0.4, -0.2) is 30.2 Å². The summed E-state index contributed by atoms with van der Waals surface area (Å²) >= 11 is 0. The van der Waals surface area contributed by atoms with Gasteiger partial charge in [-0.3, -0.25) is 4.79 Å². The van der Waals surface area contributed by atoms with Crippen molar-refractivity contribution >= 4 is 17.2 Å². The van der Waals surface area contributed by atoms with Crippen LogP contribution in [0, 0.1) is 0 Å². The zero-order chi connectivity index (χ0) is 15.2. The Morgan fingerprint density at radius 3 is 2.67 bits per heavy atom. The average Bonchev–Trinajstić information content (AvgIpc) is 2.52. The van der Waals surface area contributed by atoms with E-state index in [1.54, 1.807) is 7.11 Å². The Hall–Kier alpha value is -2.54. The molecule has 0 radical (unpaired) electrons. The summed E-state index contributed by atoms with van der Waals surface area (Å²) in [6.45, 7) is 1.15. The highest BCUT2D eigenvalue weighted by Crippen LogP contribution is 2.27. The van der Waals surface area contributed by atoms with Crippen LogP contribution in [-0.2, 0) is 0 Å². The van der Waals surface area contributed by atoms with E-state index in [1.165, 1.54) is 6.33 Å². The molecule has 0 aliphatic carbocycles. The number of nitrogens with two attached hydrogens (primary N) is 2. The molecule has 1 aromatic carbocycles. The molecule has 0 spiro atoms. The summed E-state index contributed by atoms with van der Waals surface area (Å²) in [6.07, 6.45) is 2.09. The minimum absolute atomic E-state index is 0.0883. The van der Waals surface area contributed by atoms with E-state index in [9.17, 15) is 4.79 Å². The molecule has 7 nitrogen and oxygen atoms in total. The summed E-state index contributed by atoms with van der Waals surface area (Å²) in [4.78, 5) is 20.2. The van der Waals surface area contributed by atoms with Crippen LogP contribution in [0.1, 0.15) is 6.42 Å². The van der Waals surface area contributed by atoms with Crippen LogP contribution >= 0.6 is 0 Å². The fourth-order valence-corrected chi connectivity index (χ4v) is 1.98. The van der Waals surface area contributed by atoms with Crippen molar-refractivity contribution in [3.63, 3.8) is 0 Å². The smallest absolute Gasteiger partial charge is 0.276 e. The van der Waals surface area contributed by atoms with Gasteiger partial charge >= 0.3 is 0 Å². The zero-order valence-corrected chi connectivity index (χ0v) is 11.9. The second-order valence-corrected chi connectivity index (χ2v) is 4.46. The van der Waals surface area contributed by atoms with Crippen LogP contribution in [0.3, 0.4) is 0 Å². The monoisotopic (exact) mass is 289 g/mol. The summed E-state index contributed by atoms with van der Waals surface area (Å²) in [7, 11) is 1.61. The number of H-pyrrole nitrogens is 1. The van der Waals surface area contributed by atoms with Gasteiger partial charge in [0, 0.05) is 12.2 Å². The number of nitrogen functional groups attached to an aromatic ring is 1. The van der Waals surface area contributed by atoms with E-state index in [4.69, 9.17) is 16.2 Å². The van der Waals surface area contributed by atoms with Crippen LogP contribution in [0.4, 0.5) is 17.2 Å². The molecule has 7 heteroatoms. The maximum Gasteiger partial charge on any atom is 0.276 e. The highest BCUT2D eigenvalue weighted by Gasteiger charge is 2.15. The normalized spacial score (nSPS) is 10.4. The van der Waals surface area contributed by atoms with Crippen LogP contribution in [0.25, 0.3) is 0 Å². The van der Waals surface area contributed by atoms with Gasteiger partial charge in [0.05, 0.1) is 13.4 Å². The minimum Gasteiger partial charge on any atom is -0.497 e. The molecule has 0 fully saturated rings. The predicted octanol–water partition coefficient (Wildman–Crippen LogP) is 0.848. The fraction of sp³-hybridized carbons (Fsp3) is 0.286. The second kappa shape index (κ2) is 6.76. The lowest BCUT2D eigenvalue weighted by Gasteiger charge is -2.24. The molecule has 0 amide bonds. The molecule has 1 heterocycles. The van der Waals surface area contributed by atoms with Gasteiger partial charge < -0.3 is 26.1 Å². The molecule has 0 atom stereocenters. The third-order valence-electron chi connectivity index (χ3n) is 3.09. The summed E-state index contributed by atoms with van der Waals surface area (Å²) in [5.74, 6) is 1.18. The van der Waals surface area contributed by atoms with Crippen molar-refractivity contribution in [1.29, 1.82) is 0 Å². The maximum absolute atomic E-state index is 11.7. The number of benzene rings is 1. The first kappa shape index (κ1) is 14.9. The lowest BCUT2D eigenvalue weighted by atomic mass is 10.2. The van der Waals surface area contributed by atoms with Crippen LogP contribution < -0.4 is 26.7 Å². The Labute approximate surface area is 122 Å². The molecule has 112 valence electrons. The van der Waals surface area contributed by atoms with Crippen LogP contribution in [0.2, 0.25) is 0 Å². The Kier molecular flexibility index (Phi) is 4.78. The predicted molar refractivity (Wildman–Crippen MR) is 82.9 cm³/mol. The number of hydrogen-bond acceptors (Lipinski definition) is 6. The number of hydrogen-bond donors (Lipinski definition) is 3. The van der Waals surface area contributed by atoms with E-state index in [2.05, 4.69) is 9.97 Å². The molecule has 5 N–H and O–H groups in total. The van der Waals surface area contributed by atoms with Crippen molar-refractivity contribution < 1.29 is 4.74 Å². The first-order valence-corrected chi connectivity index (χ1v) is 6.62. The van der Waals surface area contributed by atoms with Crippen molar-refractivity contribution in [3.05, 3.63) is 40.9 Å². The maximum atomic E-state index is 11.7. The number of anilines is 3. The SMILES string of the molecule is COc1ccc(N(CCCN)c2nc[nH]c(=O)c2N)cc1. The fourth-order valence-electron chi connectivity index (χ4n) is 1.98. The molecule has 0 aliphatic heterocycles. The number of ether oxygens (including phenoxy) is 1. The Balaban J connectivity index is 2.41. The highest BCUT2D eigenvalue weighted by molar-refractivity contribution is 5.70. The standard InChI is InChI=1S/C14H19N5O2/c1-21-11-5-3-10(4-6-11)19(8-2-7-15)13-12(16)14(20)18-9-17-13/h3-6,9H,2,7-8,15-16H2,1H3,(H,17,18,20). The first-order chi connectivity index (χ1) is 10.2. The highest BCUT2D eigenvalue weighted by atomic mass is 16.5. The lowest BCUT2D eigenvalue weighted by molar-refractivity contribution is 0.415. The van der Waals surface area contributed by atoms with E-state index >= 15 is 0 Å². The van der Waals surface area contributed by atoms with E-state index in [1.807, 2.05) is 29.2 Å².